The van der Waals surface area contributed by atoms with Crippen LogP contribution in [0.15, 0.2) is 23.0 Å². The molecule has 5 aliphatic rings. The van der Waals surface area contributed by atoms with Crippen LogP contribution in [0.5, 0.6) is 0 Å². The molecule has 2 bridgehead atoms. The van der Waals surface area contributed by atoms with Crippen LogP contribution in [-0.4, -0.2) is 104 Å². The third-order valence-electron chi connectivity index (χ3n) is 10.8. The summed E-state index contributed by atoms with van der Waals surface area (Å²) in [5.41, 5.74) is -3.69. The number of aliphatic hydroxyl groups excluding tert-OH is 2. The van der Waals surface area contributed by atoms with Gasteiger partial charge in [0.1, 0.15) is 6.10 Å². The van der Waals surface area contributed by atoms with Gasteiger partial charge < -0.3 is 33.9 Å². The largest absolute Gasteiger partial charge is 0.467 e. The van der Waals surface area contributed by atoms with E-state index in [4.69, 9.17) is 23.7 Å². The van der Waals surface area contributed by atoms with E-state index in [1.165, 1.54) is 13.0 Å². The first-order chi connectivity index (χ1) is 22.2. The smallest absolute Gasteiger partial charge is 0.348 e. The number of carbonyl (C=O) groups is 5. The van der Waals surface area contributed by atoms with E-state index >= 15 is 0 Å². The maximum atomic E-state index is 13.8. The van der Waals surface area contributed by atoms with Gasteiger partial charge in [0.25, 0.3) is 0 Å². The van der Waals surface area contributed by atoms with Crippen molar-refractivity contribution >= 4 is 39.7 Å². The molecule has 1 spiro atoms. The zero-order valence-electron chi connectivity index (χ0n) is 27.9. The summed E-state index contributed by atoms with van der Waals surface area (Å²) in [5, 5.41) is 23.4. The number of ketones is 1. The highest BCUT2D eigenvalue weighted by Gasteiger charge is 2.81. The Labute approximate surface area is 278 Å². The van der Waals surface area contributed by atoms with E-state index in [9.17, 15) is 42.6 Å². The average molecular weight is 698 g/mol. The number of aliphatic hydroxyl groups is 2. The molecule has 0 aromatic heterocycles. The molecule has 2 saturated heterocycles. The number of Topliss-reactive ketones (excluding diaryl/α,β-unsaturated/α-hetero) is 1. The maximum Gasteiger partial charge on any atom is 0.348 e. The van der Waals surface area contributed by atoms with Gasteiger partial charge in [-0.2, -0.15) is 0 Å². The van der Waals surface area contributed by atoms with Gasteiger partial charge in [-0.05, 0) is 51.0 Å². The fourth-order valence-electron chi connectivity index (χ4n) is 9.36. The Morgan fingerprint density at radius 2 is 1.83 bits per heavy atom. The highest BCUT2D eigenvalue weighted by Crippen LogP contribution is 2.71. The molecule has 1 unspecified atom stereocenters. The molecule has 2 heterocycles. The summed E-state index contributed by atoms with van der Waals surface area (Å²) < 4.78 is 54.1. The highest BCUT2D eigenvalue weighted by molar-refractivity contribution is 7.88. The molecule has 266 valence electrons. The molecule has 0 radical (unpaired) electrons. The van der Waals surface area contributed by atoms with Gasteiger partial charge >= 0.3 is 23.9 Å². The molecular formula is C32H43NO14S. The second-order valence-corrected chi connectivity index (χ2v) is 16.2. The number of hydrogen-bond acceptors (Lipinski definition) is 14. The van der Waals surface area contributed by atoms with Gasteiger partial charge in [0.15, 0.2) is 17.1 Å². The SMILES string of the molecule is COC(=O)[C@]12C[C@@H](O)[C@H](O)C3[C@]4(CO1)[C@H]2[C@@H](OC(=O)C=C(C)C)C(=O)O[C@@H]4C[C@H]1C(C)=C(OC(=O)C[C@H](C)NS(C)(=O)=O)C(=O)C[C@]31C. The van der Waals surface area contributed by atoms with Crippen LogP contribution in [-0.2, 0) is 57.7 Å². The Bertz CT molecular complexity index is 1600. The summed E-state index contributed by atoms with van der Waals surface area (Å²) in [7, 11) is -2.49. The lowest BCUT2D eigenvalue weighted by Crippen LogP contribution is -2.71. The van der Waals surface area contributed by atoms with Crippen LogP contribution < -0.4 is 4.72 Å². The normalized spacial score (nSPS) is 39.2. The van der Waals surface area contributed by atoms with E-state index in [0.717, 1.165) is 13.4 Å². The van der Waals surface area contributed by atoms with Gasteiger partial charge in [-0.15, -0.1) is 0 Å². The van der Waals surface area contributed by atoms with Crippen molar-refractivity contribution in [3.8, 4) is 0 Å². The van der Waals surface area contributed by atoms with E-state index in [-0.39, 0.29) is 31.6 Å². The maximum absolute atomic E-state index is 13.8. The number of allylic oxidation sites excluding steroid dienone is 3. The second-order valence-electron chi connectivity index (χ2n) is 14.4. The quantitative estimate of drug-likeness (QED) is 0.176. The van der Waals surface area contributed by atoms with Crippen LogP contribution in [0.3, 0.4) is 0 Å². The molecule has 0 aromatic rings. The number of hydrogen-bond donors (Lipinski definition) is 3. The fraction of sp³-hybridized carbons (Fsp3) is 0.719. The number of fused-ring (bicyclic) bond motifs is 2. The summed E-state index contributed by atoms with van der Waals surface area (Å²) in [6.45, 7) is 7.88. The van der Waals surface area contributed by atoms with Crippen molar-refractivity contribution in [2.75, 3.05) is 20.0 Å². The molecular weight excluding hydrogens is 654 g/mol. The molecule has 15 nitrogen and oxygen atoms in total. The van der Waals surface area contributed by atoms with E-state index in [2.05, 4.69) is 4.72 Å². The van der Waals surface area contributed by atoms with E-state index < -0.39 is 111 Å². The van der Waals surface area contributed by atoms with Crippen LogP contribution in [0.25, 0.3) is 0 Å². The van der Waals surface area contributed by atoms with Crippen molar-refractivity contribution in [1.82, 2.24) is 4.72 Å². The summed E-state index contributed by atoms with van der Waals surface area (Å²) in [6.07, 6.45) is -4.84. The first kappa shape index (κ1) is 36.1. The van der Waals surface area contributed by atoms with Gasteiger partial charge in [-0.1, -0.05) is 12.5 Å². The molecule has 16 heteroatoms. The molecule has 3 N–H and O–H groups in total. The van der Waals surface area contributed by atoms with Crippen molar-refractivity contribution < 1.29 is 66.3 Å². The molecule has 5 rings (SSSR count). The minimum Gasteiger partial charge on any atom is -0.467 e. The molecule has 48 heavy (non-hydrogen) atoms. The Hall–Kier alpha value is -3.18. The third kappa shape index (κ3) is 5.68. The van der Waals surface area contributed by atoms with E-state index in [1.54, 1.807) is 27.7 Å². The molecule has 0 aromatic carbocycles. The monoisotopic (exact) mass is 697 g/mol. The second kappa shape index (κ2) is 12.3. The van der Waals surface area contributed by atoms with Crippen molar-refractivity contribution in [1.29, 1.82) is 0 Å². The van der Waals surface area contributed by atoms with Crippen LogP contribution in [0, 0.1) is 28.6 Å². The first-order valence-electron chi connectivity index (χ1n) is 15.8. The fourth-order valence-corrected chi connectivity index (χ4v) is 10.2. The van der Waals surface area contributed by atoms with Crippen molar-refractivity contribution in [3.05, 3.63) is 23.0 Å². The minimum absolute atomic E-state index is 0.0551. The van der Waals surface area contributed by atoms with Crippen LogP contribution >= 0.6 is 0 Å². The predicted molar refractivity (Wildman–Crippen MR) is 163 cm³/mol. The number of sulfonamides is 1. The van der Waals surface area contributed by atoms with Crippen LogP contribution in [0.2, 0.25) is 0 Å². The lowest BCUT2D eigenvalue weighted by molar-refractivity contribution is -0.251. The topological polar surface area (TPSA) is 218 Å². The molecule has 2 saturated carbocycles. The van der Waals surface area contributed by atoms with Gasteiger partial charge in [-0.3, -0.25) is 9.59 Å². The summed E-state index contributed by atoms with van der Waals surface area (Å²) in [4.78, 5) is 67.0. The zero-order valence-corrected chi connectivity index (χ0v) is 28.7. The number of esters is 4. The summed E-state index contributed by atoms with van der Waals surface area (Å²) in [6, 6.07) is -0.815. The Morgan fingerprint density at radius 3 is 2.44 bits per heavy atom. The molecule has 11 atom stereocenters. The Morgan fingerprint density at radius 1 is 1.17 bits per heavy atom. The number of carbonyl (C=O) groups excluding carboxylic acids is 5. The lowest BCUT2D eigenvalue weighted by Gasteiger charge is -2.63. The zero-order chi connectivity index (χ0) is 35.7. The standard InChI is InChI=1S/C32H43NO14S/c1-14(2)8-21(36)47-25-27-31-13-44-32(27,29(40)43-6)12-18(34)23(38)26(31)30(5)11-19(35)24(16(4)17(30)10-20(31)45-28(25)39)46-22(37)9-15(3)33-48(7,41)42/h8,15,17-18,20,23,25-27,33-34,38H,9-13H2,1-7H3/t15-,17-,18+,20+,23-,25+,26?,27+,30-,31+,32+/m0/s1. The van der Waals surface area contributed by atoms with E-state index in [1.807, 2.05) is 0 Å². The van der Waals surface area contributed by atoms with Gasteiger partial charge in [-0.25, -0.2) is 27.5 Å². The number of rotatable bonds is 8. The van der Waals surface area contributed by atoms with Crippen molar-refractivity contribution in [3.63, 3.8) is 0 Å². The van der Waals surface area contributed by atoms with Crippen molar-refractivity contribution in [2.45, 2.75) is 96.4 Å². The molecule has 2 aliphatic heterocycles. The number of ether oxygens (including phenoxy) is 5. The lowest BCUT2D eigenvalue weighted by atomic mass is 9.42. The Kier molecular flexibility index (Phi) is 9.25. The average Bonchev–Trinajstić information content (AvgIpc) is 3.24. The number of methoxy groups -OCH3 is 1. The minimum atomic E-state index is -3.61. The first-order valence-corrected chi connectivity index (χ1v) is 17.7. The summed E-state index contributed by atoms with van der Waals surface area (Å²) >= 11 is 0. The predicted octanol–water partition coefficient (Wildman–Crippen LogP) is 0.220. The van der Waals surface area contributed by atoms with Crippen LogP contribution in [0.1, 0.15) is 60.3 Å². The van der Waals surface area contributed by atoms with E-state index in [0.29, 0.717) is 11.1 Å². The van der Waals surface area contributed by atoms with Gasteiger partial charge in [0, 0.05) is 36.3 Å². The van der Waals surface area contributed by atoms with Gasteiger partial charge in [0.05, 0.1) is 44.5 Å². The van der Waals surface area contributed by atoms with Gasteiger partial charge in [0.2, 0.25) is 16.1 Å². The molecule has 4 fully saturated rings. The number of nitrogens with one attached hydrogen (secondary N) is 1. The van der Waals surface area contributed by atoms with Crippen molar-refractivity contribution in [2.24, 2.45) is 28.6 Å². The Balaban J connectivity index is 1.61. The molecule has 0 amide bonds. The molecule has 3 aliphatic carbocycles. The summed E-state index contributed by atoms with van der Waals surface area (Å²) in [5.74, 6) is -7.36. The highest BCUT2D eigenvalue weighted by atomic mass is 32.2. The van der Waals surface area contributed by atoms with Crippen LogP contribution in [0.4, 0.5) is 0 Å². The third-order valence-corrected chi connectivity index (χ3v) is 11.6.